The third-order valence-corrected chi connectivity index (χ3v) is 3.12. The second-order valence-electron chi connectivity index (χ2n) is 4.84. The molecule has 1 heterocycles. The van der Waals surface area contributed by atoms with E-state index in [2.05, 4.69) is 17.4 Å². The van der Waals surface area contributed by atoms with Crippen molar-refractivity contribution in [2.24, 2.45) is 11.8 Å². The average Bonchev–Trinajstić information content (AvgIpc) is 2.85. The van der Waals surface area contributed by atoms with Crippen molar-refractivity contribution >= 4 is 0 Å². The fraction of sp³-hybridized carbons (Fsp3) is 0.769. The first-order valence-electron chi connectivity index (χ1n) is 6.68. The molecular formula is C13H26N4O2. The number of aromatic nitrogens is 2. The van der Waals surface area contributed by atoms with Gasteiger partial charge >= 0.3 is 0 Å². The maximum Gasteiger partial charge on any atom is 0.0632 e. The SMILES string of the molecule is COCCCn1nccc1C(CC(C)COC)NN. The predicted molar refractivity (Wildman–Crippen MR) is 74.4 cm³/mol. The van der Waals surface area contributed by atoms with Gasteiger partial charge in [0, 0.05) is 40.2 Å². The molecule has 0 aliphatic rings. The third-order valence-electron chi connectivity index (χ3n) is 3.12. The molecule has 0 amide bonds. The van der Waals surface area contributed by atoms with Crippen molar-refractivity contribution in [3.8, 4) is 0 Å². The lowest BCUT2D eigenvalue weighted by Gasteiger charge is -2.21. The van der Waals surface area contributed by atoms with Gasteiger partial charge in [-0.15, -0.1) is 0 Å². The summed E-state index contributed by atoms with van der Waals surface area (Å²) in [6, 6.07) is 2.10. The van der Waals surface area contributed by atoms with Crippen LogP contribution in [0.15, 0.2) is 12.3 Å². The molecule has 0 aliphatic carbocycles. The Hall–Kier alpha value is -0.950. The lowest BCUT2D eigenvalue weighted by Crippen LogP contribution is -2.32. The lowest BCUT2D eigenvalue weighted by molar-refractivity contribution is 0.148. The Kier molecular flexibility index (Phi) is 7.66. The number of nitrogens with zero attached hydrogens (tertiary/aromatic N) is 2. The molecule has 1 aromatic rings. The van der Waals surface area contributed by atoms with Crippen molar-refractivity contribution in [2.45, 2.75) is 32.4 Å². The van der Waals surface area contributed by atoms with Crippen LogP contribution in [0.1, 0.15) is 31.5 Å². The monoisotopic (exact) mass is 270 g/mol. The largest absolute Gasteiger partial charge is 0.385 e. The third kappa shape index (κ3) is 5.28. The standard InChI is InChI=1S/C13H26N4O2/c1-11(10-19-3)9-12(16-14)13-5-6-15-17(13)7-4-8-18-2/h5-6,11-12,16H,4,7-10,14H2,1-3H3. The molecule has 0 saturated carbocycles. The van der Waals surface area contributed by atoms with Crippen molar-refractivity contribution in [1.82, 2.24) is 15.2 Å². The number of ether oxygens (including phenoxy) is 2. The van der Waals surface area contributed by atoms with Crippen LogP contribution in [-0.2, 0) is 16.0 Å². The molecule has 19 heavy (non-hydrogen) atoms. The van der Waals surface area contributed by atoms with Crippen molar-refractivity contribution in [1.29, 1.82) is 0 Å². The highest BCUT2D eigenvalue weighted by atomic mass is 16.5. The van der Waals surface area contributed by atoms with Gasteiger partial charge in [0.1, 0.15) is 0 Å². The Bertz CT molecular complexity index is 343. The maximum absolute atomic E-state index is 5.68. The van der Waals surface area contributed by atoms with E-state index >= 15 is 0 Å². The number of hydrogen-bond acceptors (Lipinski definition) is 5. The van der Waals surface area contributed by atoms with E-state index in [1.165, 1.54) is 0 Å². The Morgan fingerprint density at radius 1 is 1.42 bits per heavy atom. The van der Waals surface area contributed by atoms with E-state index in [0.29, 0.717) is 5.92 Å². The number of nitrogens with two attached hydrogens (primary N) is 1. The van der Waals surface area contributed by atoms with Gasteiger partial charge in [-0.3, -0.25) is 16.0 Å². The van der Waals surface area contributed by atoms with Crippen molar-refractivity contribution in [3.63, 3.8) is 0 Å². The molecule has 0 spiro atoms. The Labute approximate surface area is 115 Å². The van der Waals surface area contributed by atoms with Crippen molar-refractivity contribution in [2.75, 3.05) is 27.4 Å². The second-order valence-corrected chi connectivity index (χ2v) is 4.84. The number of nitrogens with one attached hydrogen (secondary N) is 1. The van der Waals surface area contributed by atoms with Crippen LogP contribution in [0.25, 0.3) is 0 Å². The van der Waals surface area contributed by atoms with Crippen LogP contribution in [0, 0.1) is 5.92 Å². The Morgan fingerprint density at radius 3 is 2.84 bits per heavy atom. The summed E-state index contributed by atoms with van der Waals surface area (Å²) in [4.78, 5) is 0. The van der Waals surface area contributed by atoms with Gasteiger partial charge < -0.3 is 9.47 Å². The summed E-state index contributed by atoms with van der Waals surface area (Å²) in [7, 11) is 3.43. The number of aryl methyl sites for hydroxylation is 1. The highest BCUT2D eigenvalue weighted by molar-refractivity contribution is 5.07. The highest BCUT2D eigenvalue weighted by Gasteiger charge is 2.17. The smallest absolute Gasteiger partial charge is 0.0632 e. The summed E-state index contributed by atoms with van der Waals surface area (Å²) in [5.41, 5.74) is 3.99. The summed E-state index contributed by atoms with van der Waals surface area (Å²) >= 11 is 0. The first-order valence-corrected chi connectivity index (χ1v) is 6.68. The summed E-state index contributed by atoms with van der Waals surface area (Å²) < 4.78 is 12.2. The van der Waals surface area contributed by atoms with Crippen LogP contribution >= 0.6 is 0 Å². The summed E-state index contributed by atoms with van der Waals surface area (Å²) in [5.74, 6) is 6.11. The van der Waals surface area contributed by atoms with Gasteiger partial charge in [0.15, 0.2) is 0 Å². The van der Waals surface area contributed by atoms with Crippen molar-refractivity contribution < 1.29 is 9.47 Å². The molecule has 0 radical (unpaired) electrons. The van der Waals surface area contributed by atoms with Gasteiger partial charge in [-0.05, 0) is 24.8 Å². The number of rotatable bonds is 10. The molecule has 1 aromatic heterocycles. The molecular weight excluding hydrogens is 244 g/mol. The van der Waals surface area contributed by atoms with Crippen LogP contribution in [-0.4, -0.2) is 37.2 Å². The molecule has 0 aliphatic heterocycles. The van der Waals surface area contributed by atoms with Crippen LogP contribution in [0.4, 0.5) is 0 Å². The lowest BCUT2D eigenvalue weighted by atomic mass is 10.0. The van der Waals surface area contributed by atoms with Gasteiger partial charge in [-0.25, -0.2) is 0 Å². The maximum atomic E-state index is 5.68. The average molecular weight is 270 g/mol. The summed E-state index contributed by atoms with van der Waals surface area (Å²) in [5, 5.41) is 4.34. The van der Waals surface area contributed by atoms with E-state index in [4.69, 9.17) is 15.3 Å². The summed E-state index contributed by atoms with van der Waals surface area (Å²) in [6.07, 6.45) is 3.67. The normalized spacial score (nSPS) is 14.5. The van der Waals surface area contributed by atoms with Crippen LogP contribution in [0.5, 0.6) is 0 Å². The molecule has 0 bridgehead atoms. The van der Waals surface area contributed by atoms with Gasteiger partial charge in [0.05, 0.1) is 11.7 Å². The topological polar surface area (TPSA) is 74.3 Å². The number of hydrogen-bond donors (Lipinski definition) is 2. The zero-order valence-electron chi connectivity index (χ0n) is 12.1. The molecule has 1 rings (SSSR count). The Balaban J connectivity index is 2.62. The van der Waals surface area contributed by atoms with Crippen LogP contribution in [0.2, 0.25) is 0 Å². The van der Waals surface area contributed by atoms with Gasteiger partial charge in [-0.2, -0.15) is 5.10 Å². The highest BCUT2D eigenvalue weighted by Crippen LogP contribution is 2.20. The molecule has 0 saturated heterocycles. The zero-order chi connectivity index (χ0) is 14.1. The first kappa shape index (κ1) is 16.1. The van der Waals surface area contributed by atoms with Gasteiger partial charge in [0.2, 0.25) is 0 Å². The molecule has 6 heteroatoms. The minimum atomic E-state index is 0.0928. The first-order chi connectivity index (χ1) is 9.22. The number of hydrazine groups is 1. The van der Waals surface area contributed by atoms with Gasteiger partial charge in [0.25, 0.3) is 0 Å². The molecule has 110 valence electrons. The second kappa shape index (κ2) is 9.03. The predicted octanol–water partition coefficient (Wildman–Crippen LogP) is 1.10. The van der Waals surface area contributed by atoms with Crippen LogP contribution < -0.4 is 11.3 Å². The molecule has 6 nitrogen and oxygen atoms in total. The fourth-order valence-corrected chi connectivity index (χ4v) is 2.21. The number of methoxy groups -OCH3 is 2. The van der Waals surface area contributed by atoms with Gasteiger partial charge in [-0.1, -0.05) is 6.92 Å². The molecule has 2 atom stereocenters. The molecule has 3 N–H and O–H groups in total. The van der Waals surface area contributed by atoms with E-state index in [9.17, 15) is 0 Å². The Morgan fingerprint density at radius 2 is 2.21 bits per heavy atom. The van der Waals surface area contributed by atoms with E-state index in [0.717, 1.165) is 38.3 Å². The van der Waals surface area contributed by atoms with E-state index in [1.54, 1.807) is 14.2 Å². The summed E-state index contributed by atoms with van der Waals surface area (Å²) in [6.45, 7) is 4.46. The van der Waals surface area contributed by atoms with E-state index < -0.39 is 0 Å². The minimum absolute atomic E-state index is 0.0928. The van der Waals surface area contributed by atoms with Crippen LogP contribution in [0.3, 0.4) is 0 Å². The molecule has 2 unspecified atom stereocenters. The minimum Gasteiger partial charge on any atom is -0.385 e. The quantitative estimate of drug-likeness (QED) is 0.378. The van der Waals surface area contributed by atoms with E-state index in [-0.39, 0.29) is 6.04 Å². The van der Waals surface area contributed by atoms with Crippen molar-refractivity contribution in [3.05, 3.63) is 18.0 Å². The fourth-order valence-electron chi connectivity index (χ4n) is 2.21. The molecule has 0 fully saturated rings. The zero-order valence-corrected chi connectivity index (χ0v) is 12.1. The molecule has 0 aromatic carbocycles. The van der Waals surface area contributed by atoms with E-state index in [1.807, 2.05) is 16.9 Å².